The highest BCUT2D eigenvalue weighted by atomic mass is 16.5. The van der Waals surface area contributed by atoms with Gasteiger partial charge in [-0.05, 0) is 68.0 Å². The molecule has 0 amide bonds. The average molecular weight is 487 g/mol. The van der Waals surface area contributed by atoms with Crippen molar-refractivity contribution in [3.63, 3.8) is 0 Å². The lowest BCUT2D eigenvalue weighted by Crippen LogP contribution is -2.14. The molecular formula is C28H26N2O6. The predicted octanol–water partition coefficient (Wildman–Crippen LogP) is 5.47. The minimum Gasteiger partial charge on any atom is -0.507 e. The van der Waals surface area contributed by atoms with Crippen LogP contribution in [-0.4, -0.2) is 38.1 Å². The van der Waals surface area contributed by atoms with Crippen LogP contribution in [0.1, 0.15) is 52.2 Å². The van der Waals surface area contributed by atoms with E-state index < -0.39 is 11.8 Å². The molecule has 0 saturated heterocycles. The van der Waals surface area contributed by atoms with Crippen LogP contribution in [0.2, 0.25) is 0 Å². The number of imidazole rings is 1. The van der Waals surface area contributed by atoms with E-state index >= 15 is 0 Å². The van der Waals surface area contributed by atoms with Crippen molar-refractivity contribution in [2.45, 2.75) is 26.7 Å². The number of hydrogen-bond acceptors (Lipinski definition) is 6. The molecule has 0 bridgehead atoms. The van der Waals surface area contributed by atoms with Crippen molar-refractivity contribution in [1.82, 2.24) is 9.55 Å². The van der Waals surface area contributed by atoms with E-state index in [0.717, 1.165) is 28.5 Å². The molecule has 36 heavy (non-hydrogen) atoms. The number of carbonyl (C=O) groups is 2. The molecule has 8 nitrogen and oxygen atoms in total. The number of hydrogen-bond donors (Lipinski definition) is 2. The molecule has 1 aromatic heterocycles. The molecule has 1 unspecified atom stereocenters. The molecule has 0 aliphatic carbocycles. The summed E-state index contributed by atoms with van der Waals surface area (Å²) in [7, 11) is 0. The predicted molar refractivity (Wildman–Crippen MR) is 135 cm³/mol. The molecule has 0 aliphatic heterocycles. The fourth-order valence-electron chi connectivity index (χ4n) is 3.88. The van der Waals surface area contributed by atoms with Crippen LogP contribution in [0.25, 0.3) is 17.1 Å². The number of ether oxygens (including phenoxy) is 2. The number of phenolic OH excluding ortho intramolecular Hbond substituents is 1. The maximum absolute atomic E-state index is 12.4. The van der Waals surface area contributed by atoms with Crippen molar-refractivity contribution in [3.05, 3.63) is 95.3 Å². The highest BCUT2D eigenvalue weighted by Gasteiger charge is 2.16. The molecule has 8 heteroatoms. The summed E-state index contributed by atoms with van der Waals surface area (Å²) in [6.07, 6.45) is 2.74. The topological polar surface area (TPSA) is 111 Å². The summed E-state index contributed by atoms with van der Waals surface area (Å²) in [5.74, 6) is -0.600. The van der Waals surface area contributed by atoms with Crippen LogP contribution in [0.5, 0.6) is 11.5 Å². The summed E-state index contributed by atoms with van der Waals surface area (Å²) in [6.45, 7) is 4.76. The second-order valence-electron chi connectivity index (χ2n) is 8.03. The minimum absolute atomic E-state index is 0.0281. The molecule has 0 spiro atoms. The fourth-order valence-corrected chi connectivity index (χ4v) is 3.88. The first kappa shape index (κ1) is 24.7. The smallest absolute Gasteiger partial charge is 0.335 e. The molecule has 1 heterocycles. The summed E-state index contributed by atoms with van der Waals surface area (Å²) in [6, 6.07) is 18.7. The van der Waals surface area contributed by atoms with Crippen molar-refractivity contribution >= 4 is 28.9 Å². The lowest BCUT2D eigenvalue weighted by molar-refractivity contribution is 0.0238. The van der Waals surface area contributed by atoms with Gasteiger partial charge in [0.05, 0.1) is 22.2 Å². The highest BCUT2D eigenvalue weighted by Crippen LogP contribution is 2.24. The third-order valence-corrected chi connectivity index (χ3v) is 5.63. The van der Waals surface area contributed by atoms with Gasteiger partial charge in [-0.25, -0.2) is 9.78 Å². The number of nitrogens with zero attached hydrogens (tertiary/aromatic N) is 2. The van der Waals surface area contributed by atoms with Crippen molar-refractivity contribution < 1.29 is 29.3 Å². The molecule has 0 aliphatic rings. The third kappa shape index (κ3) is 5.45. The fraction of sp³-hybridized carbons (Fsp3) is 0.179. The number of aromatic nitrogens is 2. The zero-order valence-electron chi connectivity index (χ0n) is 19.9. The van der Waals surface area contributed by atoms with Gasteiger partial charge in [-0.15, -0.1) is 0 Å². The summed E-state index contributed by atoms with van der Waals surface area (Å²) < 4.78 is 13.8. The standard InChI is InChI=1S/C28H26N2O6/c1-3-35-18(2)30-24-7-5-4-6-23(24)29-27(30)17-36-21-12-8-19(9-13-21)10-15-25(31)22-14-11-20(28(33)34)16-26(22)32/h4-16,18,32H,3,17H2,1-2H3,(H,33,34)/b15-10+. The van der Waals surface area contributed by atoms with Gasteiger partial charge in [0.25, 0.3) is 0 Å². The molecule has 3 aromatic carbocycles. The second kappa shape index (κ2) is 10.9. The lowest BCUT2D eigenvalue weighted by Gasteiger charge is -2.17. The Morgan fingerprint density at radius 3 is 2.53 bits per heavy atom. The lowest BCUT2D eigenvalue weighted by atomic mass is 10.1. The summed E-state index contributed by atoms with van der Waals surface area (Å²) >= 11 is 0. The first-order valence-corrected chi connectivity index (χ1v) is 11.5. The molecule has 0 saturated carbocycles. The maximum Gasteiger partial charge on any atom is 0.335 e. The SMILES string of the molecule is CCOC(C)n1c(COc2ccc(/C=C/C(=O)c3ccc(C(=O)O)cc3O)cc2)nc2ccccc21. The summed E-state index contributed by atoms with van der Waals surface area (Å²) in [4.78, 5) is 28.1. The van der Waals surface area contributed by atoms with E-state index in [1.165, 1.54) is 18.2 Å². The Bertz CT molecular complexity index is 1420. The molecule has 4 rings (SSSR count). The number of rotatable bonds is 10. The van der Waals surface area contributed by atoms with Crippen LogP contribution in [-0.2, 0) is 11.3 Å². The monoisotopic (exact) mass is 486 g/mol. The number of carboxylic acid groups (broad SMARTS) is 1. The van der Waals surface area contributed by atoms with E-state index in [2.05, 4.69) is 0 Å². The Morgan fingerprint density at radius 2 is 1.83 bits per heavy atom. The van der Waals surface area contributed by atoms with E-state index in [-0.39, 0.29) is 29.7 Å². The zero-order valence-corrected chi connectivity index (χ0v) is 19.9. The number of para-hydroxylation sites is 2. The molecule has 2 N–H and O–H groups in total. The molecule has 4 aromatic rings. The average Bonchev–Trinajstić information content (AvgIpc) is 3.25. The molecule has 184 valence electrons. The normalized spacial score (nSPS) is 12.2. The van der Waals surface area contributed by atoms with Crippen LogP contribution < -0.4 is 4.74 Å². The molecule has 1 atom stereocenters. The second-order valence-corrected chi connectivity index (χ2v) is 8.03. The van der Waals surface area contributed by atoms with Crippen LogP contribution in [0.3, 0.4) is 0 Å². The maximum atomic E-state index is 12.4. The van der Waals surface area contributed by atoms with Crippen LogP contribution in [0.15, 0.2) is 72.8 Å². The van der Waals surface area contributed by atoms with Gasteiger partial charge in [0.15, 0.2) is 5.78 Å². The number of allylic oxidation sites excluding steroid dienone is 1. The van der Waals surface area contributed by atoms with Gasteiger partial charge in [0, 0.05) is 6.61 Å². The summed E-state index contributed by atoms with van der Waals surface area (Å²) in [5, 5.41) is 19.0. The zero-order chi connectivity index (χ0) is 25.7. The number of fused-ring (bicyclic) bond motifs is 1. The van der Waals surface area contributed by atoms with E-state index in [1.54, 1.807) is 30.3 Å². The van der Waals surface area contributed by atoms with Gasteiger partial charge < -0.3 is 19.7 Å². The van der Waals surface area contributed by atoms with E-state index in [4.69, 9.17) is 19.6 Å². The first-order chi connectivity index (χ1) is 17.4. The van der Waals surface area contributed by atoms with Crippen molar-refractivity contribution in [3.8, 4) is 11.5 Å². The number of carbonyl (C=O) groups excluding carboxylic acids is 1. The van der Waals surface area contributed by atoms with Crippen molar-refractivity contribution in [2.24, 2.45) is 0 Å². The first-order valence-electron chi connectivity index (χ1n) is 11.5. The quantitative estimate of drug-likeness (QED) is 0.226. The molecule has 0 fully saturated rings. The number of carboxylic acids is 1. The van der Waals surface area contributed by atoms with E-state index in [1.807, 2.05) is 42.7 Å². The van der Waals surface area contributed by atoms with E-state index in [9.17, 15) is 14.7 Å². The number of benzene rings is 3. The van der Waals surface area contributed by atoms with Crippen LogP contribution >= 0.6 is 0 Å². The van der Waals surface area contributed by atoms with Gasteiger partial charge in [-0.1, -0.05) is 30.3 Å². The van der Waals surface area contributed by atoms with Crippen molar-refractivity contribution in [1.29, 1.82) is 0 Å². The molecule has 0 radical (unpaired) electrons. The Hall–Kier alpha value is -4.43. The Kier molecular flexibility index (Phi) is 7.46. The van der Waals surface area contributed by atoms with Gasteiger partial charge in [0.2, 0.25) is 0 Å². The van der Waals surface area contributed by atoms with Gasteiger partial charge in [-0.3, -0.25) is 9.36 Å². The Balaban J connectivity index is 1.43. The van der Waals surface area contributed by atoms with Gasteiger partial charge in [-0.2, -0.15) is 0 Å². The van der Waals surface area contributed by atoms with Crippen LogP contribution in [0.4, 0.5) is 0 Å². The Morgan fingerprint density at radius 1 is 1.08 bits per heavy atom. The number of aromatic hydroxyl groups is 1. The highest BCUT2D eigenvalue weighted by molar-refractivity contribution is 6.09. The minimum atomic E-state index is -1.18. The number of phenols is 1. The molecular weight excluding hydrogens is 460 g/mol. The van der Waals surface area contributed by atoms with E-state index in [0.29, 0.717) is 12.4 Å². The van der Waals surface area contributed by atoms with Crippen LogP contribution in [0, 0.1) is 0 Å². The number of aromatic carboxylic acids is 1. The van der Waals surface area contributed by atoms with Gasteiger partial charge in [0.1, 0.15) is 30.2 Å². The third-order valence-electron chi connectivity index (χ3n) is 5.63. The van der Waals surface area contributed by atoms with Crippen molar-refractivity contribution in [2.75, 3.05) is 6.61 Å². The Labute approximate surface area is 208 Å². The van der Waals surface area contributed by atoms with Gasteiger partial charge >= 0.3 is 5.97 Å². The largest absolute Gasteiger partial charge is 0.507 e. The number of ketones is 1. The summed E-state index contributed by atoms with van der Waals surface area (Å²) in [5.41, 5.74) is 2.55.